The van der Waals surface area contributed by atoms with Gasteiger partial charge in [0, 0.05) is 0 Å². The van der Waals surface area contributed by atoms with E-state index in [2.05, 4.69) is 12.1 Å². The zero-order valence-electron chi connectivity index (χ0n) is 11.8. The average molecular weight is 268 g/mol. The fourth-order valence-corrected chi connectivity index (χ4v) is 2.72. The molecule has 2 nitrogen and oxygen atoms in total. The zero-order chi connectivity index (χ0) is 13.9. The number of fused-ring (bicyclic) bond motifs is 1. The van der Waals surface area contributed by atoms with Crippen LogP contribution in [0.2, 0.25) is 0 Å². The molecule has 3 rings (SSSR count). The molecule has 20 heavy (non-hydrogen) atoms. The second-order valence-corrected chi connectivity index (χ2v) is 5.48. The minimum atomic E-state index is -0.437. The molecule has 0 aromatic heterocycles. The fourth-order valence-electron chi connectivity index (χ4n) is 2.72. The van der Waals surface area contributed by atoms with Gasteiger partial charge in [0.25, 0.3) is 0 Å². The van der Waals surface area contributed by atoms with Gasteiger partial charge < -0.3 is 9.84 Å². The summed E-state index contributed by atoms with van der Waals surface area (Å²) in [4.78, 5) is 0. The van der Waals surface area contributed by atoms with Crippen LogP contribution < -0.4 is 4.74 Å². The van der Waals surface area contributed by atoms with E-state index in [0.717, 1.165) is 23.5 Å². The minimum Gasteiger partial charge on any atom is -0.457 e. The lowest BCUT2D eigenvalue weighted by Crippen LogP contribution is -2.02. The number of aliphatic hydroxyl groups is 1. The van der Waals surface area contributed by atoms with Gasteiger partial charge in [0.05, 0.1) is 6.10 Å². The quantitative estimate of drug-likeness (QED) is 0.893. The molecule has 0 amide bonds. The Morgan fingerprint density at radius 2 is 1.55 bits per heavy atom. The van der Waals surface area contributed by atoms with E-state index in [9.17, 15) is 5.11 Å². The third kappa shape index (κ3) is 2.86. The highest BCUT2D eigenvalue weighted by Gasteiger charge is 2.10. The van der Waals surface area contributed by atoms with Crippen LogP contribution in [-0.4, -0.2) is 5.11 Å². The molecule has 104 valence electrons. The molecule has 0 unspecified atom stereocenters. The first-order chi connectivity index (χ1) is 9.72. The van der Waals surface area contributed by atoms with Gasteiger partial charge in [-0.05, 0) is 73.6 Å². The highest BCUT2D eigenvalue weighted by molar-refractivity contribution is 5.40. The first-order valence-corrected chi connectivity index (χ1v) is 7.30. The van der Waals surface area contributed by atoms with E-state index in [1.807, 2.05) is 30.3 Å². The largest absolute Gasteiger partial charge is 0.457 e. The van der Waals surface area contributed by atoms with Crippen molar-refractivity contribution < 1.29 is 9.84 Å². The summed E-state index contributed by atoms with van der Waals surface area (Å²) in [6, 6.07) is 14.0. The highest BCUT2D eigenvalue weighted by atomic mass is 16.5. The van der Waals surface area contributed by atoms with Crippen molar-refractivity contribution in [2.75, 3.05) is 0 Å². The normalized spacial score (nSPS) is 15.5. The van der Waals surface area contributed by atoms with E-state index < -0.39 is 6.10 Å². The maximum atomic E-state index is 9.50. The van der Waals surface area contributed by atoms with Crippen molar-refractivity contribution in [1.29, 1.82) is 0 Å². The smallest absolute Gasteiger partial charge is 0.127 e. The van der Waals surface area contributed by atoms with Crippen molar-refractivity contribution >= 4 is 0 Å². The van der Waals surface area contributed by atoms with Gasteiger partial charge in [-0.25, -0.2) is 0 Å². The van der Waals surface area contributed by atoms with Gasteiger partial charge in [-0.3, -0.25) is 0 Å². The highest BCUT2D eigenvalue weighted by Crippen LogP contribution is 2.28. The fraction of sp³-hybridized carbons (Fsp3) is 0.333. The lowest BCUT2D eigenvalue weighted by atomic mass is 9.92. The van der Waals surface area contributed by atoms with E-state index in [0.29, 0.717) is 0 Å². The van der Waals surface area contributed by atoms with Crippen molar-refractivity contribution in [2.45, 2.75) is 38.7 Å². The Morgan fingerprint density at radius 3 is 2.25 bits per heavy atom. The van der Waals surface area contributed by atoms with E-state index in [4.69, 9.17) is 4.74 Å². The molecule has 0 saturated carbocycles. The van der Waals surface area contributed by atoms with Crippen molar-refractivity contribution in [3.8, 4) is 11.5 Å². The second kappa shape index (κ2) is 5.68. The molecule has 0 spiro atoms. The molecular formula is C18H20O2. The number of ether oxygens (including phenoxy) is 1. The molecule has 2 aromatic carbocycles. The molecule has 1 aliphatic rings. The van der Waals surface area contributed by atoms with E-state index in [1.165, 1.54) is 30.4 Å². The standard InChI is InChI=1S/C18H20O2/c1-13(19)14-6-9-17(10-7-14)20-18-11-8-15-4-2-3-5-16(15)12-18/h6-13,19H,2-5H2,1H3/t13-/m1/s1. The summed E-state index contributed by atoms with van der Waals surface area (Å²) in [5.74, 6) is 1.71. The molecule has 2 aromatic rings. The van der Waals surface area contributed by atoms with Crippen molar-refractivity contribution in [3.05, 3.63) is 59.2 Å². The summed E-state index contributed by atoms with van der Waals surface area (Å²) >= 11 is 0. The Bertz CT molecular complexity index is 585. The molecule has 2 heteroatoms. The molecule has 1 aliphatic carbocycles. The predicted octanol–water partition coefficient (Wildman–Crippen LogP) is 4.41. The zero-order valence-corrected chi connectivity index (χ0v) is 11.8. The summed E-state index contributed by atoms with van der Waals surface area (Å²) in [6.07, 6.45) is 4.49. The number of rotatable bonds is 3. The van der Waals surface area contributed by atoms with Gasteiger partial charge in [-0.1, -0.05) is 18.2 Å². The number of aliphatic hydroxyl groups excluding tert-OH is 1. The number of benzene rings is 2. The van der Waals surface area contributed by atoms with Gasteiger partial charge in [-0.2, -0.15) is 0 Å². The summed E-state index contributed by atoms with van der Waals surface area (Å²) in [5, 5.41) is 9.50. The third-order valence-electron chi connectivity index (χ3n) is 3.92. The Morgan fingerprint density at radius 1 is 0.900 bits per heavy atom. The molecule has 0 fully saturated rings. The van der Waals surface area contributed by atoms with E-state index in [-0.39, 0.29) is 0 Å². The van der Waals surface area contributed by atoms with Gasteiger partial charge in [-0.15, -0.1) is 0 Å². The monoisotopic (exact) mass is 268 g/mol. The summed E-state index contributed by atoms with van der Waals surface area (Å²) in [6.45, 7) is 1.76. The molecule has 1 N–H and O–H groups in total. The van der Waals surface area contributed by atoms with Crippen LogP contribution in [-0.2, 0) is 12.8 Å². The van der Waals surface area contributed by atoms with Crippen LogP contribution >= 0.6 is 0 Å². The van der Waals surface area contributed by atoms with Crippen LogP contribution in [0.1, 0.15) is 42.6 Å². The molecule has 0 bridgehead atoms. The lowest BCUT2D eigenvalue weighted by molar-refractivity contribution is 0.199. The molecule has 0 saturated heterocycles. The Labute approximate surface area is 120 Å². The predicted molar refractivity (Wildman–Crippen MR) is 80.2 cm³/mol. The Hall–Kier alpha value is -1.80. The van der Waals surface area contributed by atoms with Crippen LogP contribution in [0.15, 0.2) is 42.5 Å². The van der Waals surface area contributed by atoms with Crippen molar-refractivity contribution in [2.24, 2.45) is 0 Å². The topological polar surface area (TPSA) is 29.5 Å². The summed E-state index contributed by atoms with van der Waals surface area (Å²) < 4.78 is 5.90. The first-order valence-electron chi connectivity index (χ1n) is 7.30. The molecule has 0 aliphatic heterocycles. The van der Waals surface area contributed by atoms with Crippen molar-refractivity contribution in [1.82, 2.24) is 0 Å². The molecular weight excluding hydrogens is 248 g/mol. The minimum absolute atomic E-state index is 0.437. The van der Waals surface area contributed by atoms with Gasteiger partial charge in [0.2, 0.25) is 0 Å². The number of hydrogen-bond donors (Lipinski definition) is 1. The number of hydrogen-bond acceptors (Lipinski definition) is 2. The first kappa shape index (κ1) is 13.2. The van der Waals surface area contributed by atoms with Crippen molar-refractivity contribution in [3.63, 3.8) is 0 Å². The van der Waals surface area contributed by atoms with Crippen LogP contribution in [0.4, 0.5) is 0 Å². The average Bonchev–Trinajstić information content (AvgIpc) is 2.48. The number of aryl methyl sites for hydroxylation is 2. The Kier molecular flexibility index (Phi) is 3.75. The molecule has 1 atom stereocenters. The van der Waals surface area contributed by atoms with Crippen LogP contribution in [0.3, 0.4) is 0 Å². The lowest BCUT2D eigenvalue weighted by Gasteiger charge is -2.16. The second-order valence-electron chi connectivity index (χ2n) is 5.48. The maximum absolute atomic E-state index is 9.50. The van der Waals surface area contributed by atoms with Crippen LogP contribution in [0.5, 0.6) is 11.5 Å². The summed E-state index contributed by atoms with van der Waals surface area (Å²) in [5.41, 5.74) is 3.80. The maximum Gasteiger partial charge on any atom is 0.127 e. The van der Waals surface area contributed by atoms with Gasteiger partial charge >= 0.3 is 0 Å². The molecule has 0 heterocycles. The molecule has 0 radical (unpaired) electrons. The third-order valence-corrected chi connectivity index (χ3v) is 3.92. The van der Waals surface area contributed by atoms with Gasteiger partial charge in [0.1, 0.15) is 11.5 Å². The van der Waals surface area contributed by atoms with E-state index in [1.54, 1.807) is 6.92 Å². The Balaban J connectivity index is 1.77. The van der Waals surface area contributed by atoms with Crippen LogP contribution in [0, 0.1) is 0 Å². The van der Waals surface area contributed by atoms with E-state index >= 15 is 0 Å². The van der Waals surface area contributed by atoms with Crippen LogP contribution in [0.25, 0.3) is 0 Å². The van der Waals surface area contributed by atoms with Gasteiger partial charge in [0.15, 0.2) is 0 Å². The summed E-state index contributed by atoms with van der Waals surface area (Å²) in [7, 11) is 0. The SMILES string of the molecule is C[C@@H](O)c1ccc(Oc2ccc3c(c2)CCCC3)cc1.